The molecular weight excluding hydrogens is 333 g/mol. The Balaban J connectivity index is 1.69. The molecule has 0 saturated heterocycles. The molecule has 3 rings (SSSR count). The number of ether oxygens (including phenoxy) is 1. The minimum atomic E-state index is -0.694. The number of amides is 1. The molecule has 1 amide bonds. The van der Waals surface area contributed by atoms with Crippen LogP contribution in [0.15, 0.2) is 48.5 Å². The Labute approximate surface area is 145 Å². The van der Waals surface area contributed by atoms with Crippen LogP contribution in [-0.2, 0) is 5.41 Å². The van der Waals surface area contributed by atoms with Gasteiger partial charge < -0.3 is 10.1 Å². The van der Waals surface area contributed by atoms with Crippen molar-refractivity contribution in [1.82, 2.24) is 0 Å². The van der Waals surface area contributed by atoms with Crippen LogP contribution in [0.5, 0.6) is 5.75 Å². The van der Waals surface area contributed by atoms with Crippen molar-refractivity contribution in [3.05, 3.63) is 59.7 Å². The second kappa shape index (κ2) is 5.73. The summed E-state index contributed by atoms with van der Waals surface area (Å²) in [6.45, 7) is 2.04. The third-order valence-electron chi connectivity index (χ3n) is 4.39. The van der Waals surface area contributed by atoms with Gasteiger partial charge in [-0.1, -0.05) is 19.1 Å². The highest BCUT2D eigenvalue weighted by Gasteiger charge is 2.63. The molecule has 1 saturated carbocycles. The largest absolute Gasteiger partial charge is 0.497 e. The van der Waals surface area contributed by atoms with Gasteiger partial charge in [-0.3, -0.25) is 4.79 Å². The lowest BCUT2D eigenvalue weighted by molar-refractivity contribution is 0.102. The lowest BCUT2D eigenvalue weighted by Crippen LogP contribution is -2.13. The number of anilines is 1. The predicted octanol–water partition coefficient (Wildman–Crippen LogP) is 4.78. The van der Waals surface area contributed by atoms with E-state index >= 15 is 0 Å². The number of methoxy groups -OCH3 is 1. The van der Waals surface area contributed by atoms with Crippen LogP contribution in [0.3, 0.4) is 0 Å². The number of carbonyl (C=O) groups excluding carboxylic acids is 1. The van der Waals surface area contributed by atoms with E-state index < -0.39 is 4.33 Å². The van der Waals surface area contributed by atoms with Crippen molar-refractivity contribution in [2.45, 2.75) is 23.1 Å². The normalized spacial score (nSPS) is 21.6. The summed E-state index contributed by atoms with van der Waals surface area (Å²) in [4.78, 5) is 12.2. The summed E-state index contributed by atoms with van der Waals surface area (Å²) in [6.07, 6.45) is 0.737. The van der Waals surface area contributed by atoms with Crippen LogP contribution in [0.4, 0.5) is 5.69 Å². The van der Waals surface area contributed by atoms with E-state index in [1.165, 1.54) is 0 Å². The molecule has 0 unspecified atom stereocenters. The van der Waals surface area contributed by atoms with Crippen molar-refractivity contribution >= 4 is 34.8 Å². The van der Waals surface area contributed by atoms with Gasteiger partial charge in [0.05, 0.1) is 7.11 Å². The van der Waals surface area contributed by atoms with Crippen LogP contribution in [0, 0.1) is 0 Å². The number of carbonyl (C=O) groups is 1. The molecule has 1 fully saturated rings. The molecule has 3 nitrogen and oxygen atoms in total. The SMILES string of the molecule is COc1ccc(C(=O)Nc2ccc([C@]3(C)CC3(Cl)Cl)cc2)cc1. The molecule has 1 aliphatic rings. The fourth-order valence-corrected chi connectivity index (χ4v) is 3.33. The van der Waals surface area contributed by atoms with Gasteiger partial charge in [0.25, 0.3) is 5.91 Å². The molecule has 0 bridgehead atoms. The van der Waals surface area contributed by atoms with Crippen LogP contribution in [0.1, 0.15) is 29.3 Å². The van der Waals surface area contributed by atoms with Gasteiger partial charge in [-0.2, -0.15) is 0 Å². The van der Waals surface area contributed by atoms with Crippen LogP contribution in [-0.4, -0.2) is 17.4 Å². The van der Waals surface area contributed by atoms with E-state index in [-0.39, 0.29) is 11.3 Å². The summed E-state index contributed by atoms with van der Waals surface area (Å²) >= 11 is 12.4. The number of nitrogens with one attached hydrogen (secondary N) is 1. The number of hydrogen-bond donors (Lipinski definition) is 1. The van der Waals surface area contributed by atoms with E-state index in [1.54, 1.807) is 31.4 Å². The zero-order valence-electron chi connectivity index (χ0n) is 12.9. The van der Waals surface area contributed by atoms with Gasteiger partial charge in [0, 0.05) is 16.7 Å². The predicted molar refractivity (Wildman–Crippen MR) is 93.8 cm³/mol. The average Bonchev–Trinajstić information content (AvgIpc) is 3.07. The zero-order valence-corrected chi connectivity index (χ0v) is 14.4. The summed E-state index contributed by atoms with van der Waals surface area (Å²) < 4.78 is 4.39. The summed E-state index contributed by atoms with van der Waals surface area (Å²) in [5.74, 6) is 0.552. The first kappa shape index (κ1) is 16.2. The highest BCUT2D eigenvalue weighted by Crippen LogP contribution is 2.64. The Morgan fingerprint density at radius 3 is 2.13 bits per heavy atom. The highest BCUT2D eigenvalue weighted by molar-refractivity contribution is 6.52. The van der Waals surface area contributed by atoms with Crippen LogP contribution in [0.25, 0.3) is 0 Å². The van der Waals surface area contributed by atoms with E-state index in [4.69, 9.17) is 27.9 Å². The summed E-state index contributed by atoms with van der Waals surface area (Å²) in [7, 11) is 1.59. The molecule has 0 spiro atoms. The van der Waals surface area contributed by atoms with Gasteiger partial charge in [-0.05, 0) is 48.4 Å². The van der Waals surface area contributed by atoms with Crippen LogP contribution < -0.4 is 10.1 Å². The first-order valence-electron chi connectivity index (χ1n) is 7.29. The number of rotatable bonds is 4. The zero-order chi connectivity index (χ0) is 16.7. The van der Waals surface area contributed by atoms with Crippen LogP contribution >= 0.6 is 23.2 Å². The van der Waals surface area contributed by atoms with Crippen molar-refractivity contribution < 1.29 is 9.53 Å². The summed E-state index contributed by atoms with van der Waals surface area (Å²) in [5.41, 5.74) is 2.16. The van der Waals surface area contributed by atoms with Gasteiger partial charge in [0.15, 0.2) is 0 Å². The topological polar surface area (TPSA) is 38.3 Å². The maximum Gasteiger partial charge on any atom is 0.255 e. The van der Waals surface area contributed by atoms with E-state index in [1.807, 2.05) is 31.2 Å². The van der Waals surface area contributed by atoms with E-state index in [2.05, 4.69) is 5.32 Å². The molecule has 0 aromatic heterocycles. The van der Waals surface area contributed by atoms with Crippen LogP contribution in [0.2, 0.25) is 0 Å². The van der Waals surface area contributed by atoms with Gasteiger partial charge in [0.2, 0.25) is 0 Å². The van der Waals surface area contributed by atoms with Crippen molar-refractivity contribution in [3.63, 3.8) is 0 Å². The third kappa shape index (κ3) is 3.04. The maximum atomic E-state index is 12.2. The van der Waals surface area contributed by atoms with Crippen molar-refractivity contribution in [1.29, 1.82) is 0 Å². The smallest absolute Gasteiger partial charge is 0.255 e. The first-order chi connectivity index (χ1) is 10.9. The quantitative estimate of drug-likeness (QED) is 0.806. The molecule has 23 heavy (non-hydrogen) atoms. The monoisotopic (exact) mass is 349 g/mol. The Bertz CT molecular complexity index is 726. The van der Waals surface area contributed by atoms with Gasteiger partial charge in [-0.15, -0.1) is 23.2 Å². The molecule has 2 aromatic rings. The summed E-state index contributed by atoms with van der Waals surface area (Å²) in [5, 5.41) is 2.87. The molecule has 2 aromatic carbocycles. The summed E-state index contributed by atoms with van der Waals surface area (Å²) in [6, 6.07) is 14.6. The Hall–Kier alpha value is -1.71. The van der Waals surface area contributed by atoms with E-state index in [0.29, 0.717) is 11.3 Å². The Morgan fingerprint density at radius 2 is 1.65 bits per heavy atom. The molecule has 0 aliphatic heterocycles. The molecule has 1 atom stereocenters. The highest BCUT2D eigenvalue weighted by atomic mass is 35.5. The van der Waals surface area contributed by atoms with E-state index in [9.17, 15) is 4.79 Å². The molecule has 5 heteroatoms. The van der Waals surface area contributed by atoms with Gasteiger partial charge >= 0.3 is 0 Å². The lowest BCUT2D eigenvalue weighted by atomic mass is 9.98. The number of hydrogen-bond acceptors (Lipinski definition) is 2. The van der Waals surface area contributed by atoms with Gasteiger partial charge in [-0.25, -0.2) is 0 Å². The number of halogens is 2. The van der Waals surface area contributed by atoms with Crippen molar-refractivity contribution in [3.8, 4) is 5.75 Å². The fraction of sp³-hybridized carbons (Fsp3) is 0.278. The molecule has 0 radical (unpaired) electrons. The van der Waals surface area contributed by atoms with E-state index in [0.717, 1.165) is 17.7 Å². The van der Waals surface area contributed by atoms with Gasteiger partial charge in [0.1, 0.15) is 10.1 Å². The lowest BCUT2D eigenvalue weighted by Gasteiger charge is -2.13. The fourth-order valence-electron chi connectivity index (χ4n) is 2.58. The molecular formula is C18H17Cl2NO2. The van der Waals surface area contributed by atoms with Crippen molar-refractivity contribution in [2.75, 3.05) is 12.4 Å². The minimum absolute atomic E-state index is 0.165. The second-order valence-electron chi connectivity index (χ2n) is 5.97. The van der Waals surface area contributed by atoms with Crippen molar-refractivity contribution in [2.24, 2.45) is 0 Å². The standard InChI is InChI=1S/C18H17Cl2NO2/c1-17(11-18(17,19)20)13-5-7-14(8-6-13)21-16(22)12-3-9-15(23-2)10-4-12/h3-10H,11H2,1-2H3,(H,21,22)/t17-/m0/s1. The number of benzene rings is 2. The molecule has 120 valence electrons. The Morgan fingerprint density at radius 1 is 1.09 bits per heavy atom. The molecule has 1 aliphatic carbocycles. The third-order valence-corrected chi connectivity index (χ3v) is 5.49. The second-order valence-corrected chi connectivity index (χ2v) is 7.46. The molecule has 1 N–H and O–H groups in total. The average molecular weight is 350 g/mol. The first-order valence-corrected chi connectivity index (χ1v) is 8.05. The number of alkyl halides is 2. The Kier molecular flexibility index (Phi) is 4.03. The minimum Gasteiger partial charge on any atom is -0.497 e. The maximum absolute atomic E-state index is 12.2. The molecule has 0 heterocycles.